The van der Waals surface area contributed by atoms with Crippen LogP contribution in [0, 0.1) is 6.92 Å². The van der Waals surface area contributed by atoms with Crippen molar-refractivity contribution in [2.24, 2.45) is 7.05 Å². The van der Waals surface area contributed by atoms with E-state index in [1.54, 1.807) is 0 Å². The van der Waals surface area contributed by atoms with Crippen molar-refractivity contribution in [3.63, 3.8) is 0 Å². The van der Waals surface area contributed by atoms with Gasteiger partial charge in [-0.1, -0.05) is 15.9 Å². The van der Waals surface area contributed by atoms with Crippen molar-refractivity contribution < 1.29 is 0 Å². The molecule has 0 spiro atoms. The molecular formula is C14H25BrN4. The third-order valence-electron chi connectivity index (χ3n) is 3.97. The zero-order valence-corrected chi connectivity index (χ0v) is 14.3. The van der Waals surface area contributed by atoms with Crippen LogP contribution in [0.1, 0.15) is 32.0 Å². The molecule has 2 heterocycles. The van der Waals surface area contributed by atoms with Gasteiger partial charge in [-0.05, 0) is 27.7 Å². The topological polar surface area (TPSA) is 24.3 Å². The van der Waals surface area contributed by atoms with Gasteiger partial charge < -0.3 is 4.90 Å². The predicted octanol–water partition coefficient (Wildman–Crippen LogP) is 2.54. The lowest BCUT2D eigenvalue weighted by Crippen LogP contribution is -2.53. The smallest absolute Gasteiger partial charge is 0.130 e. The molecule has 0 aliphatic carbocycles. The number of nitrogens with zero attached hydrogens (tertiary/aromatic N) is 4. The average molecular weight is 329 g/mol. The molecule has 5 heteroatoms. The number of hydrogen-bond acceptors (Lipinski definition) is 3. The number of hydrogen-bond donors (Lipinski definition) is 0. The Kier molecular flexibility index (Phi) is 4.26. The summed E-state index contributed by atoms with van der Waals surface area (Å²) in [5.41, 5.74) is 2.73. The predicted molar refractivity (Wildman–Crippen MR) is 84.1 cm³/mol. The van der Waals surface area contributed by atoms with Crippen LogP contribution in [0.5, 0.6) is 0 Å². The van der Waals surface area contributed by atoms with E-state index in [0.29, 0.717) is 0 Å². The Hall–Kier alpha value is -0.550. The summed E-state index contributed by atoms with van der Waals surface area (Å²) in [4.78, 5) is 5.03. The Labute approximate surface area is 124 Å². The largest absolute Gasteiger partial charge is 0.354 e. The molecular weight excluding hydrogens is 304 g/mol. The molecule has 1 fully saturated rings. The van der Waals surface area contributed by atoms with Crippen LogP contribution in [0.4, 0.5) is 5.82 Å². The number of piperazine rings is 1. The molecule has 1 aliphatic heterocycles. The number of anilines is 1. The third kappa shape index (κ3) is 2.97. The van der Waals surface area contributed by atoms with Crippen LogP contribution in [0.15, 0.2) is 0 Å². The van der Waals surface area contributed by atoms with Gasteiger partial charge in [0.1, 0.15) is 5.82 Å². The summed E-state index contributed by atoms with van der Waals surface area (Å²) in [5.74, 6) is 1.28. The first kappa shape index (κ1) is 14.9. The highest BCUT2D eigenvalue weighted by Crippen LogP contribution is 2.27. The second kappa shape index (κ2) is 5.44. The maximum absolute atomic E-state index is 4.56. The zero-order chi connectivity index (χ0) is 14.2. The highest BCUT2D eigenvalue weighted by Gasteiger charge is 2.28. The summed E-state index contributed by atoms with van der Waals surface area (Å²) in [6, 6.07) is 0. The van der Waals surface area contributed by atoms with Gasteiger partial charge in [-0.25, -0.2) is 0 Å². The van der Waals surface area contributed by atoms with E-state index in [0.717, 1.165) is 37.2 Å². The fourth-order valence-corrected chi connectivity index (χ4v) is 3.49. The first-order valence-electron chi connectivity index (χ1n) is 6.93. The van der Waals surface area contributed by atoms with Crippen LogP contribution in [0.25, 0.3) is 0 Å². The monoisotopic (exact) mass is 328 g/mol. The maximum Gasteiger partial charge on any atom is 0.130 e. The SMILES string of the molecule is Cc1nn(C)c(N2CCN(C(C)(C)C)CC2)c1CBr. The van der Waals surface area contributed by atoms with E-state index in [4.69, 9.17) is 0 Å². The van der Waals surface area contributed by atoms with Gasteiger partial charge in [-0.15, -0.1) is 0 Å². The first-order valence-corrected chi connectivity index (χ1v) is 8.05. The first-order chi connectivity index (χ1) is 8.84. The van der Waals surface area contributed by atoms with E-state index < -0.39 is 0 Å². The van der Waals surface area contributed by atoms with E-state index >= 15 is 0 Å². The molecule has 108 valence electrons. The minimum Gasteiger partial charge on any atom is -0.354 e. The van der Waals surface area contributed by atoms with E-state index in [1.807, 2.05) is 11.7 Å². The number of halogens is 1. The van der Waals surface area contributed by atoms with E-state index in [9.17, 15) is 0 Å². The Morgan fingerprint density at radius 2 is 1.74 bits per heavy atom. The van der Waals surface area contributed by atoms with Gasteiger partial charge >= 0.3 is 0 Å². The lowest BCUT2D eigenvalue weighted by atomic mass is 10.0. The molecule has 0 atom stereocenters. The number of rotatable bonds is 2. The average Bonchev–Trinajstić information content (AvgIpc) is 2.62. The Bertz CT molecular complexity index is 439. The molecule has 4 nitrogen and oxygen atoms in total. The van der Waals surface area contributed by atoms with Crippen molar-refractivity contribution in [3.8, 4) is 0 Å². The number of alkyl halides is 1. The summed E-state index contributed by atoms with van der Waals surface area (Å²) < 4.78 is 2.03. The second-order valence-electron chi connectivity index (χ2n) is 6.29. The number of aryl methyl sites for hydroxylation is 2. The molecule has 0 aromatic carbocycles. The van der Waals surface area contributed by atoms with E-state index in [1.165, 1.54) is 11.4 Å². The van der Waals surface area contributed by atoms with Crippen molar-refractivity contribution in [2.75, 3.05) is 31.1 Å². The van der Waals surface area contributed by atoms with E-state index in [2.05, 4.69) is 58.5 Å². The number of aromatic nitrogens is 2. The minimum atomic E-state index is 0.271. The van der Waals surface area contributed by atoms with Crippen LogP contribution in [0.2, 0.25) is 0 Å². The highest BCUT2D eigenvalue weighted by molar-refractivity contribution is 9.08. The standard InChI is InChI=1S/C14H25BrN4/c1-11-12(10-15)13(17(5)16-11)18-6-8-19(9-7-18)14(2,3)4/h6-10H2,1-5H3. The molecule has 1 aromatic heterocycles. The normalized spacial score (nSPS) is 18.1. The highest BCUT2D eigenvalue weighted by atomic mass is 79.9. The quantitative estimate of drug-likeness (QED) is 0.780. The van der Waals surface area contributed by atoms with Crippen LogP contribution in [-0.4, -0.2) is 46.4 Å². The van der Waals surface area contributed by atoms with Crippen LogP contribution in [0.3, 0.4) is 0 Å². The molecule has 19 heavy (non-hydrogen) atoms. The maximum atomic E-state index is 4.56. The van der Waals surface area contributed by atoms with Crippen molar-refractivity contribution in [3.05, 3.63) is 11.3 Å². The van der Waals surface area contributed by atoms with Gasteiger partial charge in [-0.3, -0.25) is 9.58 Å². The molecule has 0 bridgehead atoms. The van der Waals surface area contributed by atoms with Crippen LogP contribution in [-0.2, 0) is 12.4 Å². The summed E-state index contributed by atoms with van der Waals surface area (Å²) in [5, 5.41) is 5.43. The summed E-state index contributed by atoms with van der Waals surface area (Å²) in [6.45, 7) is 13.4. The zero-order valence-electron chi connectivity index (χ0n) is 12.7. The summed E-state index contributed by atoms with van der Waals surface area (Å²) >= 11 is 3.59. The third-order valence-corrected chi connectivity index (χ3v) is 4.54. The van der Waals surface area contributed by atoms with Crippen molar-refractivity contribution in [1.29, 1.82) is 0 Å². The molecule has 0 radical (unpaired) electrons. The lowest BCUT2D eigenvalue weighted by molar-refractivity contribution is 0.128. The summed E-state index contributed by atoms with van der Waals surface area (Å²) in [7, 11) is 2.05. The Balaban J connectivity index is 2.14. The van der Waals surface area contributed by atoms with Crippen LogP contribution >= 0.6 is 15.9 Å². The van der Waals surface area contributed by atoms with Gasteiger partial charge in [0.05, 0.1) is 5.69 Å². The molecule has 1 saturated heterocycles. The molecule has 0 unspecified atom stereocenters. The van der Waals surface area contributed by atoms with Gasteiger partial charge in [0, 0.05) is 49.7 Å². The Morgan fingerprint density at radius 1 is 1.16 bits per heavy atom. The van der Waals surface area contributed by atoms with E-state index in [-0.39, 0.29) is 5.54 Å². The molecule has 1 aliphatic rings. The van der Waals surface area contributed by atoms with Crippen LogP contribution < -0.4 is 4.90 Å². The fraction of sp³-hybridized carbons (Fsp3) is 0.786. The van der Waals surface area contributed by atoms with Crippen molar-refractivity contribution >= 4 is 21.7 Å². The molecule has 0 saturated carbocycles. The molecule has 1 aromatic rings. The van der Waals surface area contributed by atoms with Gasteiger partial charge in [-0.2, -0.15) is 5.10 Å². The van der Waals surface area contributed by atoms with Gasteiger partial charge in [0.25, 0.3) is 0 Å². The molecule has 0 amide bonds. The molecule has 0 N–H and O–H groups in total. The molecule has 2 rings (SSSR count). The minimum absolute atomic E-state index is 0.271. The Morgan fingerprint density at radius 3 is 2.21 bits per heavy atom. The van der Waals surface area contributed by atoms with Gasteiger partial charge in [0.2, 0.25) is 0 Å². The second-order valence-corrected chi connectivity index (χ2v) is 6.85. The van der Waals surface area contributed by atoms with Crippen molar-refractivity contribution in [2.45, 2.75) is 38.6 Å². The summed E-state index contributed by atoms with van der Waals surface area (Å²) in [6.07, 6.45) is 0. The fourth-order valence-electron chi connectivity index (χ4n) is 2.83. The van der Waals surface area contributed by atoms with Gasteiger partial charge in [0.15, 0.2) is 0 Å². The van der Waals surface area contributed by atoms with Crippen molar-refractivity contribution in [1.82, 2.24) is 14.7 Å². The lowest BCUT2D eigenvalue weighted by Gasteiger charge is -2.43.